The average Bonchev–Trinajstić information content (AvgIpc) is 2.83. The van der Waals surface area contributed by atoms with Gasteiger partial charge in [0.25, 0.3) is 0 Å². The van der Waals surface area contributed by atoms with Crippen molar-refractivity contribution in [1.82, 2.24) is 4.98 Å². The number of thiazole rings is 1. The lowest BCUT2D eigenvalue weighted by atomic mass is 10.3. The van der Waals surface area contributed by atoms with E-state index in [1.807, 2.05) is 12.3 Å². The molecule has 1 aromatic heterocycles. The second kappa shape index (κ2) is 3.12. The standard InChI is InChI=1S/C8H12N2OS/c1-5(11-9)7-4-12-8(10-7)6-2-3-6/h4-6H,2-3,9H2,1H3. The zero-order valence-corrected chi connectivity index (χ0v) is 7.80. The fourth-order valence-electron chi connectivity index (χ4n) is 1.07. The fraction of sp³-hybridized carbons (Fsp3) is 0.625. The predicted molar refractivity (Wildman–Crippen MR) is 47.8 cm³/mol. The van der Waals surface area contributed by atoms with E-state index in [0.717, 1.165) is 11.6 Å². The molecule has 1 fully saturated rings. The van der Waals surface area contributed by atoms with E-state index in [2.05, 4.69) is 4.98 Å². The van der Waals surface area contributed by atoms with Crippen LogP contribution in [0.2, 0.25) is 0 Å². The molecule has 0 aromatic carbocycles. The minimum absolute atomic E-state index is 0.0752. The molecule has 4 heteroatoms. The van der Waals surface area contributed by atoms with Crippen molar-refractivity contribution in [3.05, 3.63) is 16.1 Å². The summed E-state index contributed by atoms with van der Waals surface area (Å²) in [5.41, 5.74) is 0.962. The third-order valence-electron chi connectivity index (χ3n) is 2.09. The molecule has 0 amide bonds. The van der Waals surface area contributed by atoms with Gasteiger partial charge in [0.15, 0.2) is 0 Å². The maximum atomic E-state index is 5.07. The van der Waals surface area contributed by atoms with Crippen molar-refractivity contribution in [2.45, 2.75) is 31.8 Å². The molecule has 1 aliphatic carbocycles. The highest BCUT2D eigenvalue weighted by molar-refractivity contribution is 7.09. The van der Waals surface area contributed by atoms with Crippen LogP contribution in [0, 0.1) is 0 Å². The van der Waals surface area contributed by atoms with Crippen molar-refractivity contribution in [3.63, 3.8) is 0 Å². The molecule has 12 heavy (non-hydrogen) atoms. The molecule has 0 radical (unpaired) electrons. The Kier molecular flexibility index (Phi) is 2.12. The number of nitrogens with zero attached hydrogens (tertiary/aromatic N) is 1. The normalized spacial score (nSPS) is 19.5. The van der Waals surface area contributed by atoms with Gasteiger partial charge < -0.3 is 0 Å². The van der Waals surface area contributed by atoms with Gasteiger partial charge in [-0.1, -0.05) is 0 Å². The molecule has 1 atom stereocenters. The summed E-state index contributed by atoms with van der Waals surface area (Å²) in [6, 6.07) is 0. The van der Waals surface area contributed by atoms with Crippen molar-refractivity contribution in [3.8, 4) is 0 Å². The first-order chi connectivity index (χ1) is 5.81. The van der Waals surface area contributed by atoms with Crippen LogP contribution in [-0.2, 0) is 4.84 Å². The molecule has 66 valence electrons. The van der Waals surface area contributed by atoms with E-state index in [-0.39, 0.29) is 6.10 Å². The van der Waals surface area contributed by atoms with Crippen molar-refractivity contribution in [2.24, 2.45) is 5.90 Å². The second-order valence-electron chi connectivity index (χ2n) is 3.16. The molecule has 1 heterocycles. The fourth-order valence-corrected chi connectivity index (χ4v) is 2.15. The predicted octanol–water partition coefficient (Wildman–Crippen LogP) is 1.97. The molecular formula is C8H12N2OS. The summed E-state index contributed by atoms with van der Waals surface area (Å²) in [6.45, 7) is 1.91. The lowest BCUT2D eigenvalue weighted by molar-refractivity contribution is 0.0637. The summed E-state index contributed by atoms with van der Waals surface area (Å²) in [7, 11) is 0. The van der Waals surface area contributed by atoms with Crippen LogP contribution in [0.4, 0.5) is 0 Å². The van der Waals surface area contributed by atoms with Gasteiger partial charge in [0.05, 0.1) is 10.7 Å². The van der Waals surface area contributed by atoms with Crippen LogP contribution < -0.4 is 5.90 Å². The Morgan fingerprint density at radius 1 is 1.75 bits per heavy atom. The van der Waals surface area contributed by atoms with Crippen LogP contribution in [0.5, 0.6) is 0 Å². The number of nitrogens with two attached hydrogens (primary N) is 1. The van der Waals surface area contributed by atoms with E-state index in [1.54, 1.807) is 11.3 Å². The van der Waals surface area contributed by atoms with Gasteiger partial charge in [0.2, 0.25) is 0 Å². The third-order valence-corrected chi connectivity index (χ3v) is 3.11. The summed E-state index contributed by atoms with van der Waals surface area (Å²) < 4.78 is 0. The maximum Gasteiger partial charge on any atom is 0.119 e. The molecule has 0 saturated heterocycles. The van der Waals surface area contributed by atoms with Gasteiger partial charge in [-0.15, -0.1) is 11.3 Å². The molecule has 1 saturated carbocycles. The van der Waals surface area contributed by atoms with Gasteiger partial charge >= 0.3 is 0 Å². The third kappa shape index (κ3) is 1.50. The second-order valence-corrected chi connectivity index (χ2v) is 4.05. The van der Waals surface area contributed by atoms with E-state index in [1.165, 1.54) is 17.8 Å². The first kappa shape index (κ1) is 8.16. The van der Waals surface area contributed by atoms with Crippen molar-refractivity contribution < 1.29 is 4.84 Å². The minimum atomic E-state index is -0.0752. The number of rotatable bonds is 3. The quantitative estimate of drug-likeness (QED) is 0.731. The Hall–Kier alpha value is -0.450. The van der Waals surface area contributed by atoms with Gasteiger partial charge in [-0.3, -0.25) is 4.84 Å². The first-order valence-electron chi connectivity index (χ1n) is 4.12. The Bertz CT molecular complexity index is 270. The lowest BCUT2D eigenvalue weighted by Crippen LogP contribution is -2.05. The molecule has 1 aliphatic rings. The summed E-state index contributed by atoms with van der Waals surface area (Å²) in [5.74, 6) is 5.80. The molecule has 1 aromatic rings. The highest BCUT2D eigenvalue weighted by Crippen LogP contribution is 2.41. The van der Waals surface area contributed by atoms with Crippen LogP contribution in [0.1, 0.15) is 42.5 Å². The Morgan fingerprint density at radius 2 is 2.50 bits per heavy atom. The zero-order valence-electron chi connectivity index (χ0n) is 6.99. The van der Waals surface area contributed by atoms with Crippen molar-refractivity contribution >= 4 is 11.3 Å². The van der Waals surface area contributed by atoms with Crippen LogP contribution in [0.25, 0.3) is 0 Å². The summed E-state index contributed by atoms with van der Waals surface area (Å²) in [4.78, 5) is 9.15. The highest BCUT2D eigenvalue weighted by atomic mass is 32.1. The Morgan fingerprint density at radius 3 is 3.08 bits per heavy atom. The van der Waals surface area contributed by atoms with Crippen LogP contribution in [0.3, 0.4) is 0 Å². The first-order valence-corrected chi connectivity index (χ1v) is 5.00. The SMILES string of the molecule is CC(ON)c1csc(C2CC2)n1. The minimum Gasteiger partial charge on any atom is -0.295 e. The zero-order chi connectivity index (χ0) is 8.55. The van der Waals surface area contributed by atoms with E-state index >= 15 is 0 Å². The molecule has 0 spiro atoms. The van der Waals surface area contributed by atoms with Crippen LogP contribution in [0.15, 0.2) is 5.38 Å². The van der Waals surface area contributed by atoms with Gasteiger partial charge in [-0.25, -0.2) is 10.9 Å². The van der Waals surface area contributed by atoms with Crippen molar-refractivity contribution in [2.75, 3.05) is 0 Å². The van der Waals surface area contributed by atoms with Gasteiger partial charge in [0.1, 0.15) is 6.10 Å². The molecule has 2 N–H and O–H groups in total. The summed E-state index contributed by atoms with van der Waals surface area (Å²) in [5, 5.41) is 3.28. The monoisotopic (exact) mass is 184 g/mol. The largest absolute Gasteiger partial charge is 0.295 e. The Balaban J connectivity index is 2.12. The molecule has 0 bridgehead atoms. The lowest BCUT2D eigenvalue weighted by Gasteiger charge is -2.02. The molecule has 1 unspecified atom stereocenters. The van der Waals surface area contributed by atoms with E-state index in [0.29, 0.717) is 0 Å². The van der Waals surface area contributed by atoms with Crippen LogP contribution in [-0.4, -0.2) is 4.98 Å². The van der Waals surface area contributed by atoms with E-state index in [4.69, 9.17) is 10.7 Å². The van der Waals surface area contributed by atoms with Gasteiger partial charge in [-0.2, -0.15) is 0 Å². The topological polar surface area (TPSA) is 48.1 Å². The number of hydrogen-bond acceptors (Lipinski definition) is 4. The van der Waals surface area contributed by atoms with E-state index in [9.17, 15) is 0 Å². The van der Waals surface area contributed by atoms with E-state index < -0.39 is 0 Å². The number of aromatic nitrogens is 1. The summed E-state index contributed by atoms with van der Waals surface area (Å²) in [6.07, 6.45) is 2.52. The number of hydrogen-bond donors (Lipinski definition) is 1. The van der Waals surface area contributed by atoms with Crippen LogP contribution >= 0.6 is 11.3 Å². The molecular weight excluding hydrogens is 172 g/mol. The smallest absolute Gasteiger partial charge is 0.119 e. The average molecular weight is 184 g/mol. The molecule has 2 rings (SSSR count). The highest BCUT2D eigenvalue weighted by Gasteiger charge is 2.27. The van der Waals surface area contributed by atoms with Crippen molar-refractivity contribution in [1.29, 1.82) is 0 Å². The van der Waals surface area contributed by atoms with Gasteiger partial charge in [0, 0.05) is 11.3 Å². The maximum absolute atomic E-state index is 5.07. The molecule has 3 nitrogen and oxygen atoms in total. The molecule has 0 aliphatic heterocycles. The summed E-state index contributed by atoms with van der Waals surface area (Å²) >= 11 is 1.72. The van der Waals surface area contributed by atoms with Gasteiger partial charge in [-0.05, 0) is 19.8 Å². The Labute approximate surface area is 75.5 Å².